The summed E-state index contributed by atoms with van der Waals surface area (Å²) >= 11 is 5.76. The van der Waals surface area contributed by atoms with Crippen molar-refractivity contribution in [1.29, 1.82) is 0 Å². The Bertz CT molecular complexity index is 337. The normalized spacial score (nSPS) is 9.80. The Morgan fingerprint density at radius 3 is 2.87 bits per heavy atom. The van der Waals surface area contributed by atoms with Crippen molar-refractivity contribution in [3.05, 3.63) is 29.0 Å². The quantitative estimate of drug-likeness (QED) is 0.831. The predicted octanol–water partition coefficient (Wildman–Crippen LogP) is 2.03. The molecule has 5 heteroatoms. The van der Waals surface area contributed by atoms with Gasteiger partial charge >= 0.3 is 0 Å². The van der Waals surface area contributed by atoms with Crippen LogP contribution in [0.3, 0.4) is 0 Å². The number of amides is 1. The van der Waals surface area contributed by atoms with E-state index in [4.69, 9.17) is 11.6 Å². The molecule has 0 fully saturated rings. The molecule has 0 bridgehead atoms. The average Bonchev–Trinajstić information content (AvgIpc) is 2.17. The number of halogens is 2. The number of benzene rings is 1. The smallest absolute Gasteiger partial charge is 0.239 e. The first-order valence-corrected chi connectivity index (χ1v) is 4.97. The van der Waals surface area contributed by atoms with E-state index in [-0.39, 0.29) is 23.2 Å². The molecule has 3 nitrogen and oxygen atoms in total. The molecule has 0 spiro atoms. The van der Waals surface area contributed by atoms with E-state index in [1.54, 1.807) is 6.07 Å². The zero-order valence-electron chi connectivity index (χ0n) is 8.31. The Labute approximate surface area is 92.6 Å². The van der Waals surface area contributed by atoms with Gasteiger partial charge in [0.25, 0.3) is 0 Å². The van der Waals surface area contributed by atoms with Crippen molar-refractivity contribution in [2.75, 3.05) is 18.4 Å². The van der Waals surface area contributed by atoms with E-state index in [1.165, 1.54) is 12.1 Å². The van der Waals surface area contributed by atoms with Gasteiger partial charge in [0, 0.05) is 6.54 Å². The molecule has 1 aromatic carbocycles. The lowest BCUT2D eigenvalue weighted by molar-refractivity contribution is -0.119. The van der Waals surface area contributed by atoms with Crippen molar-refractivity contribution >= 4 is 23.2 Å². The van der Waals surface area contributed by atoms with Crippen molar-refractivity contribution in [3.63, 3.8) is 0 Å². The van der Waals surface area contributed by atoms with Gasteiger partial charge in [-0.25, -0.2) is 4.39 Å². The number of carbonyl (C=O) groups excluding carboxylic acids is 1. The van der Waals surface area contributed by atoms with Crippen LogP contribution in [0.15, 0.2) is 18.2 Å². The summed E-state index contributed by atoms with van der Waals surface area (Å²) in [4.78, 5) is 11.1. The molecule has 0 aliphatic rings. The molecule has 0 heterocycles. The van der Waals surface area contributed by atoms with E-state index in [0.717, 1.165) is 0 Å². The number of hydrogen-bond donors (Lipinski definition) is 2. The van der Waals surface area contributed by atoms with E-state index in [2.05, 4.69) is 10.6 Å². The number of nitrogens with one attached hydrogen (secondary N) is 2. The van der Waals surface area contributed by atoms with Crippen molar-refractivity contribution in [2.24, 2.45) is 0 Å². The van der Waals surface area contributed by atoms with E-state index < -0.39 is 5.82 Å². The Morgan fingerprint density at radius 2 is 2.27 bits per heavy atom. The number of hydrogen-bond acceptors (Lipinski definition) is 2. The standard InChI is InChI=1S/C10H12ClFN2O/c1-2-13-9(15)6-14-10-7(11)4-3-5-8(10)12/h3-5,14H,2,6H2,1H3,(H,13,15). The molecule has 0 aliphatic heterocycles. The van der Waals surface area contributed by atoms with Crippen LogP contribution in [-0.2, 0) is 4.79 Å². The topological polar surface area (TPSA) is 41.1 Å². The molecule has 0 aromatic heterocycles. The molecule has 0 aliphatic carbocycles. The summed E-state index contributed by atoms with van der Waals surface area (Å²) in [5.41, 5.74) is 0.158. The van der Waals surface area contributed by atoms with Gasteiger partial charge in [-0.2, -0.15) is 0 Å². The number of likely N-dealkylation sites (N-methyl/N-ethyl adjacent to an activating group) is 1. The summed E-state index contributed by atoms with van der Waals surface area (Å²) in [5.74, 6) is -0.663. The third-order valence-corrected chi connectivity index (χ3v) is 2.08. The average molecular weight is 231 g/mol. The molecule has 1 amide bonds. The van der Waals surface area contributed by atoms with Gasteiger partial charge in [0.1, 0.15) is 5.82 Å². The maximum Gasteiger partial charge on any atom is 0.239 e. The second kappa shape index (κ2) is 5.56. The Kier molecular flexibility index (Phi) is 4.37. The highest BCUT2D eigenvalue weighted by Gasteiger charge is 2.07. The second-order valence-electron chi connectivity index (χ2n) is 2.90. The minimum Gasteiger partial charge on any atom is -0.373 e. The monoisotopic (exact) mass is 230 g/mol. The van der Waals surface area contributed by atoms with Gasteiger partial charge in [-0.3, -0.25) is 4.79 Å². The fourth-order valence-corrected chi connectivity index (χ4v) is 1.32. The Hall–Kier alpha value is -1.29. The molecule has 0 unspecified atom stereocenters. The summed E-state index contributed by atoms with van der Waals surface area (Å²) in [6, 6.07) is 4.35. The number of anilines is 1. The van der Waals surface area contributed by atoms with Gasteiger partial charge in [0.05, 0.1) is 17.3 Å². The molecule has 0 atom stereocenters. The molecular formula is C10H12ClFN2O. The van der Waals surface area contributed by atoms with Crippen molar-refractivity contribution in [2.45, 2.75) is 6.92 Å². The van der Waals surface area contributed by atoms with Crippen molar-refractivity contribution in [3.8, 4) is 0 Å². The summed E-state index contributed by atoms with van der Waals surface area (Å²) in [7, 11) is 0. The number of para-hydroxylation sites is 1. The van der Waals surface area contributed by atoms with Gasteiger partial charge in [-0.1, -0.05) is 17.7 Å². The minimum atomic E-state index is -0.466. The molecule has 1 rings (SSSR count). The third-order valence-electron chi connectivity index (χ3n) is 1.76. The van der Waals surface area contributed by atoms with Gasteiger partial charge in [0.15, 0.2) is 0 Å². The van der Waals surface area contributed by atoms with E-state index in [0.29, 0.717) is 6.54 Å². The van der Waals surface area contributed by atoms with Gasteiger partial charge in [0.2, 0.25) is 5.91 Å². The third kappa shape index (κ3) is 3.40. The lowest BCUT2D eigenvalue weighted by Crippen LogP contribution is -2.29. The van der Waals surface area contributed by atoms with Crippen LogP contribution in [0.1, 0.15) is 6.92 Å². The molecule has 15 heavy (non-hydrogen) atoms. The minimum absolute atomic E-state index is 0.00843. The highest BCUT2D eigenvalue weighted by molar-refractivity contribution is 6.33. The fourth-order valence-electron chi connectivity index (χ4n) is 1.10. The van der Waals surface area contributed by atoms with Crippen LogP contribution in [-0.4, -0.2) is 19.0 Å². The van der Waals surface area contributed by atoms with Crippen molar-refractivity contribution < 1.29 is 9.18 Å². The van der Waals surface area contributed by atoms with Gasteiger partial charge in [-0.15, -0.1) is 0 Å². The Balaban J connectivity index is 2.61. The first-order valence-electron chi connectivity index (χ1n) is 4.59. The highest BCUT2D eigenvalue weighted by atomic mass is 35.5. The van der Waals surface area contributed by atoms with E-state index in [1.807, 2.05) is 6.92 Å². The van der Waals surface area contributed by atoms with Crippen LogP contribution < -0.4 is 10.6 Å². The van der Waals surface area contributed by atoms with Crippen LogP contribution in [0.2, 0.25) is 5.02 Å². The maximum absolute atomic E-state index is 13.2. The maximum atomic E-state index is 13.2. The van der Waals surface area contributed by atoms with E-state index in [9.17, 15) is 9.18 Å². The number of carbonyl (C=O) groups is 1. The second-order valence-corrected chi connectivity index (χ2v) is 3.31. The molecule has 1 aromatic rings. The summed E-state index contributed by atoms with van der Waals surface area (Å²) in [6.07, 6.45) is 0. The largest absolute Gasteiger partial charge is 0.373 e. The molecule has 0 radical (unpaired) electrons. The van der Waals surface area contributed by atoms with E-state index >= 15 is 0 Å². The summed E-state index contributed by atoms with van der Waals surface area (Å²) in [5, 5.41) is 5.50. The first-order chi connectivity index (χ1) is 7.15. The van der Waals surface area contributed by atoms with Gasteiger partial charge < -0.3 is 10.6 Å². The zero-order valence-corrected chi connectivity index (χ0v) is 9.07. The van der Waals surface area contributed by atoms with Crippen molar-refractivity contribution in [1.82, 2.24) is 5.32 Å². The molecule has 2 N–H and O–H groups in total. The zero-order chi connectivity index (χ0) is 11.3. The van der Waals surface area contributed by atoms with Crippen LogP contribution in [0.4, 0.5) is 10.1 Å². The van der Waals surface area contributed by atoms with Crippen LogP contribution in [0.25, 0.3) is 0 Å². The molecule has 82 valence electrons. The SMILES string of the molecule is CCNC(=O)CNc1c(F)cccc1Cl. The van der Waals surface area contributed by atoms with Crippen LogP contribution in [0, 0.1) is 5.82 Å². The fraction of sp³-hybridized carbons (Fsp3) is 0.300. The molecular weight excluding hydrogens is 219 g/mol. The molecule has 0 saturated heterocycles. The number of rotatable bonds is 4. The summed E-state index contributed by atoms with van der Waals surface area (Å²) < 4.78 is 13.2. The molecule has 0 saturated carbocycles. The predicted molar refractivity (Wildman–Crippen MR) is 58.6 cm³/mol. The lowest BCUT2D eigenvalue weighted by atomic mass is 10.3. The van der Waals surface area contributed by atoms with Crippen LogP contribution >= 0.6 is 11.6 Å². The lowest BCUT2D eigenvalue weighted by Gasteiger charge is -2.08. The Morgan fingerprint density at radius 1 is 1.53 bits per heavy atom. The van der Waals surface area contributed by atoms with Crippen LogP contribution in [0.5, 0.6) is 0 Å². The highest BCUT2D eigenvalue weighted by Crippen LogP contribution is 2.23. The summed E-state index contributed by atoms with van der Waals surface area (Å²) in [6.45, 7) is 2.37. The van der Waals surface area contributed by atoms with Gasteiger partial charge in [-0.05, 0) is 19.1 Å². The first kappa shape index (κ1) is 11.8.